The molecule has 19 heavy (non-hydrogen) atoms. The Hall–Kier alpha value is -1.06. The third kappa shape index (κ3) is 4.51. The second kappa shape index (κ2) is 6.92. The molecule has 0 aromatic heterocycles. The van der Waals surface area contributed by atoms with E-state index >= 15 is 0 Å². The molecule has 0 amide bonds. The molecule has 3 nitrogen and oxygen atoms in total. The lowest BCUT2D eigenvalue weighted by Gasteiger charge is -2.28. The molecule has 106 valence electrons. The zero-order valence-corrected chi connectivity index (χ0v) is 12.5. The fourth-order valence-corrected chi connectivity index (χ4v) is 2.77. The van der Waals surface area contributed by atoms with Crippen LogP contribution in [0, 0.1) is 6.92 Å². The molecular formula is C16H27N3. The van der Waals surface area contributed by atoms with E-state index in [2.05, 4.69) is 60.3 Å². The lowest BCUT2D eigenvalue weighted by atomic mass is 10.2. The van der Waals surface area contributed by atoms with E-state index < -0.39 is 0 Å². The quantitative estimate of drug-likeness (QED) is 0.898. The molecule has 1 atom stereocenters. The minimum Gasteiger partial charge on any atom is -0.384 e. The van der Waals surface area contributed by atoms with Crippen molar-refractivity contribution >= 4 is 5.69 Å². The number of anilines is 1. The standard InChI is InChI=1S/C16H27N3/c1-14-5-7-16(8-6-14)17-9-12-19-11-4-10-18(3)13-15(19)2/h5-8,15,17H,4,9-13H2,1-3H3. The molecule has 1 N–H and O–H groups in total. The molecule has 0 radical (unpaired) electrons. The van der Waals surface area contributed by atoms with Gasteiger partial charge in [-0.3, -0.25) is 4.90 Å². The van der Waals surface area contributed by atoms with Gasteiger partial charge in [-0.25, -0.2) is 0 Å². The van der Waals surface area contributed by atoms with Crippen LogP contribution < -0.4 is 5.32 Å². The van der Waals surface area contributed by atoms with E-state index in [4.69, 9.17) is 0 Å². The van der Waals surface area contributed by atoms with Gasteiger partial charge in [-0.2, -0.15) is 0 Å². The molecule has 1 aromatic rings. The summed E-state index contributed by atoms with van der Waals surface area (Å²) >= 11 is 0. The number of hydrogen-bond acceptors (Lipinski definition) is 3. The first-order chi connectivity index (χ1) is 9.15. The Morgan fingerprint density at radius 1 is 1.21 bits per heavy atom. The first-order valence-electron chi connectivity index (χ1n) is 7.38. The van der Waals surface area contributed by atoms with Gasteiger partial charge in [0.1, 0.15) is 0 Å². The van der Waals surface area contributed by atoms with Gasteiger partial charge >= 0.3 is 0 Å². The Bertz CT molecular complexity index is 374. The molecule has 1 unspecified atom stereocenters. The van der Waals surface area contributed by atoms with Crippen LogP contribution >= 0.6 is 0 Å². The van der Waals surface area contributed by atoms with Crippen molar-refractivity contribution in [2.45, 2.75) is 26.3 Å². The summed E-state index contributed by atoms with van der Waals surface area (Å²) in [7, 11) is 2.23. The number of hydrogen-bond donors (Lipinski definition) is 1. The van der Waals surface area contributed by atoms with Crippen LogP contribution in [0.15, 0.2) is 24.3 Å². The number of rotatable bonds is 4. The van der Waals surface area contributed by atoms with Crippen LogP contribution in [0.4, 0.5) is 5.69 Å². The van der Waals surface area contributed by atoms with E-state index in [0.29, 0.717) is 6.04 Å². The molecule has 3 heteroatoms. The molecule has 1 fully saturated rings. The second-order valence-corrected chi connectivity index (χ2v) is 5.79. The van der Waals surface area contributed by atoms with Crippen LogP contribution in [-0.4, -0.2) is 55.6 Å². The highest BCUT2D eigenvalue weighted by Crippen LogP contribution is 2.10. The summed E-state index contributed by atoms with van der Waals surface area (Å²) in [6.45, 7) is 10.3. The van der Waals surface area contributed by atoms with Crippen molar-refractivity contribution in [2.24, 2.45) is 0 Å². The predicted molar refractivity (Wildman–Crippen MR) is 82.8 cm³/mol. The maximum atomic E-state index is 3.52. The van der Waals surface area contributed by atoms with Crippen molar-refractivity contribution in [1.29, 1.82) is 0 Å². The summed E-state index contributed by atoms with van der Waals surface area (Å²) in [6.07, 6.45) is 1.28. The summed E-state index contributed by atoms with van der Waals surface area (Å²) in [5, 5.41) is 3.52. The van der Waals surface area contributed by atoms with Gasteiger partial charge in [-0.05, 0) is 52.5 Å². The number of likely N-dealkylation sites (N-methyl/N-ethyl adjacent to an activating group) is 1. The molecule has 1 aliphatic heterocycles. The second-order valence-electron chi connectivity index (χ2n) is 5.79. The van der Waals surface area contributed by atoms with E-state index in [9.17, 15) is 0 Å². The van der Waals surface area contributed by atoms with E-state index in [1.165, 1.54) is 37.3 Å². The van der Waals surface area contributed by atoms with Gasteiger partial charge < -0.3 is 10.2 Å². The minimum atomic E-state index is 0.660. The van der Waals surface area contributed by atoms with Gasteiger partial charge in [-0.15, -0.1) is 0 Å². The zero-order valence-electron chi connectivity index (χ0n) is 12.5. The topological polar surface area (TPSA) is 18.5 Å². The Morgan fingerprint density at radius 3 is 2.68 bits per heavy atom. The molecule has 1 aliphatic rings. The third-order valence-corrected chi connectivity index (χ3v) is 3.96. The lowest BCUT2D eigenvalue weighted by molar-refractivity contribution is 0.209. The maximum Gasteiger partial charge on any atom is 0.0340 e. The van der Waals surface area contributed by atoms with Crippen LogP contribution in [0.5, 0.6) is 0 Å². The van der Waals surface area contributed by atoms with Crippen LogP contribution in [-0.2, 0) is 0 Å². The van der Waals surface area contributed by atoms with Crippen LogP contribution in [0.25, 0.3) is 0 Å². The fourth-order valence-electron chi connectivity index (χ4n) is 2.77. The largest absolute Gasteiger partial charge is 0.384 e. The number of benzene rings is 1. The van der Waals surface area contributed by atoms with Gasteiger partial charge in [0.25, 0.3) is 0 Å². The first kappa shape index (κ1) is 14.4. The molecule has 1 heterocycles. The summed E-state index contributed by atoms with van der Waals surface area (Å²) < 4.78 is 0. The van der Waals surface area contributed by atoms with E-state index in [1.807, 2.05) is 0 Å². The van der Waals surface area contributed by atoms with Crippen molar-refractivity contribution in [3.05, 3.63) is 29.8 Å². The molecule has 1 aromatic carbocycles. The third-order valence-electron chi connectivity index (χ3n) is 3.96. The van der Waals surface area contributed by atoms with Crippen molar-refractivity contribution in [3.8, 4) is 0 Å². The van der Waals surface area contributed by atoms with Crippen LogP contribution in [0.1, 0.15) is 18.9 Å². The Morgan fingerprint density at radius 2 is 1.95 bits per heavy atom. The summed E-state index contributed by atoms with van der Waals surface area (Å²) in [6, 6.07) is 9.30. The molecule has 2 rings (SSSR count). The first-order valence-corrected chi connectivity index (χ1v) is 7.38. The summed E-state index contributed by atoms with van der Waals surface area (Å²) in [4.78, 5) is 5.04. The van der Waals surface area contributed by atoms with E-state index in [0.717, 1.165) is 13.1 Å². The number of nitrogens with zero attached hydrogens (tertiary/aromatic N) is 2. The average molecular weight is 261 g/mol. The van der Waals surface area contributed by atoms with Crippen molar-refractivity contribution in [1.82, 2.24) is 9.80 Å². The van der Waals surface area contributed by atoms with Gasteiger partial charge in [-0.1, -0.05) is 17.7 Å². The molecule has 1 saturated heterocycles. The number of nitrogens with one attached hydrogen (secondary N) is 1. The highest BCUT2D eigenvalue weighted by atomic mass is 15.2. The summed E-state index contributed by atoms with van der Waals surface area (Å²) in [5.74, 6) is 0. The Balaban J connectivity index is 1.76. The molecule has 0 bridgehead atoms. The molecule has 0 aliphatic carbocycles. The molecule has 0 saturated carbocycles. The lowest BCUT2D eigenvalue weighted by Crippen LogP contribution is -2.40. The normalized spacial score (nSPS) is 22.2. The van der Waals surface area contributed by atoms with Gasteiger partial charge in [0.05, 0.1) is 0 Å². The summed E-state index contributed by atoms with van der Waals surface area (Å²) in [5.41, 5.74) is 2.54. The van der Waals surface area contributed by atoms with Crippen molar-refractivity contribution in [3.63, 3.8) is 0 Å². The monoisotopic (exact) mass is 261 g/mol. The average Bonchev–Trinajstić information content (AvgIpc) is 2.53. The van der Waals surface area contributed by atoms with Crippen LogP contribution in [0.3, 0.4) is 0 Å². The van der Waals surface area contributed by atoms with Crippen LogP contribution in [0.2, 0.25) is 0 Å². The Kier molecular flexibility index (Phi) is 5.23. The highest BCUT2D eigenvalue weighted by molar-refractivity contribution is 5.44. The smallest absolute Gasteiger partial charge is 0.0340 e. The van der Waals surface area contributed by atoms with E-state index in [1.54, 1.807) is 0 Å². The minimum absolute atomic E-state index is 0.660. The predicted octanol–water partition coefficient (Wildman–Crippen LogP) is 2.43. The van der Waals surface area contributed by atoms with E-state index in [-0.39, 0.29) is 0 Å². The van der Waals surface area contributed by atoms with Gasteiger partial charge in [0.15, 0.2) is 0 Å². The van der Waals surface area contributed by atoms with Gasteiger partial charge in [0.2, 0.25) is 0 Å². The highest BCUT2D eigenvalue weighted by Gasteiger charge is 2.18. The SMILES string of the molecule is Cc1ccc(NCCN2CCCN(C)CC2C)cc1. The fraction of sp³-hybridized carbons (Fsp3) is 0.625. The molecule has 0 spiro atoms. The zero-order chi connectivity index (χ0) is 13.7. The number of aryl methyl sites for hydroxylation is 1. The van der Waals surface area contributed by atoms with Crippen molar-refractivity contribution in [2.75, 3.05) is 45.1 Å². The Labute approximate surface area is 117 Å². The maximum absolute atomic E-state index is 3.52. The van der Waals surface area contributed by atoms with Crippen molar-refractivity contribution < 1.29 is 0 Å². The molecular weight excluding hydrogens is 234 g/mol. The van der Waals surface area contributed by atoms with Gasteiger partial charge in [0, 0.05) is 31.4 Å².